The lowest BCUT2D eigenvalue weighted by Gasteiger charge is -2.10. The normalized spacial score (nSPS) is 11.8. The summed E-state index contributed by atoms with van der Waals surface area (Å²) in [7, 11) is 0. The summed E-state index contributed by atoms with van der Waals surface area (Å²) in [6.45, 7) is 7.29. The molecule has 0 aliphatic carbocycles. The molecule has 27 heavy (non-hydrogen) atoms. The van der Waals surface area contributed by atoms with Gasteiger partial charge in [0.05, 0.1) is 24.3 Å². The Bertz CT molecular complexity index is 553. The van der Waals surface area contributed by atoms with E-state index in [2.05, 4.69) is 20.8 Å². The average Bonchev–Trinajstić information content (AvgIpc) is 2.69. The maximum Gasteiger partial charge on any atom is 0.338 e. The molecule has 152 valence electrons. The molecule has 0 aliphatic rings. The van der Waals surface area contributed by atoms with Crippen LogP contribution in [0.25, 0.3) is 0 Å². The molecule has 4 nitrogen and oxygen atoms in total. The topological polar surface area (TPSA) is 52.6 Å². The van der Waals surface area contributed by atoms with Crippen molar-refractivity contribution in [2.75, 3.05) is 13.2 Å². The van der Waals surface area contributed by atoms with E-state index in [1.807, 2.05) is 0 Å². The van der Waals surface area contributed by atoms with E-state index in [1.165, 1.54) is 32.1 Å². The molecule has 0 spiro atoms. The van der Waals surface area contributed by atoms with Crippen LogP contribution in [-0.2, 0) is 9.47 Å². The summed E-state index contributed by atoms with van der Waals surface area (Å²) in [5.41, 5.74) is 0.791. The Balaban J connectivity index is 2.33. The SMILES string of the molecule is CCCCCCCCCOC(=O)c1cccc(C(=O)OCCC(C)CC)c1. The van der Waals surface area contributed by atoms with Gasteiger partial charge in [-0.1, -0.05) is 71.8 Å². The van der Waals surface area contributed by atoms with Crippen molar-refractivity contribution in [1.82, 2.24) is 0 Å². The second kappa shape index (κ2) is 14.2. The van der Waals surface area contributed by atoms with E-state index in [0.29, 0.717) is 30.3 Å². The van der Waals surface area contributed by atoms with Gasteiger partial charge in [0.2, 0.25) is 0 Å². The van der Waals surface area contributed by atoms with E-state index in [1.54, 1.807) is 24.3 Å². The zero-order valence-electron chi connectivity index (χ0n) is 17.3. The fourth-order valence-corrected chi connectivity index (χ4v) is 2.72. The van der Waals surface area contributed by atoms with Crippen LogP contribution in [0.3, 0.4) is 0 Å². The number of carbonyl (C=O) groups is 2. The highest BCUT2D eigenvalue weighted by Crippen LogP contribution is 2.12. The Kier molecular flexibility index (Phi) is 12.2. The highest BCUT2D eigenvalue weighted by atomic mass is 16.5. The van der Waals surface area contributed by atoms with Crippen LogP contribution < -0.4 is 0 Å². The molecule has 1 unspecified atom stereocenters. The zero-order valence-corrected chi connectivity index (χ0v) is 17.3. The number of esters is 2. The van der Waals surface area contributed by atoms with Crippen molar-refractivity contribution in [3.8, 4) is 0 Å². The van der Waals surface area contributed by atoms with E-state index >= 15 is 0 Å². The zero-order chi connectivity index (χ0) is 19.9. The molecule has 1 atom stereocenters. The van der Waals surface area contributed by atoms with E-state index in [0.717, 1.165) is 25.7 Å². The summed E-state index contributed by atoms with van der Waals surface area (Å²) in [6, 6.07) is 6.58. The predicted octanol–water partition coefficient (Wildman–Crippen LogP) is 6.19. The summed E-state index contributed by atoms with van der Waals surface area (Å²) in [5, 5.41) is 0. The summed E-state index contributed by atoms with van der Waals surface area (Å²) in [5.74, 6) is -0.235. The number of benzene rings is 1. The molecule has 0 aromatic heterocycles. The standard InChI is InChI=1S/C23H36O4/c1-4-6-7-8-9-10-11-16-26-22(24)20-13-12-14-21(18-20)23(25)27-17-15-19(3)5-2/h12-14,18-19H,4-11,15-17H2,1-3H3. The monoisotopic (exact) mass is 376 g/mol. The Morgan fingerprint density at radius 1 is 0.852 bits per heavy atom. The number of rotatable bonds is 14. The molecule has 0 saturated carbocycles. The minimum absolute atomic E-state index is 0.379. The third-order valence-electron chi connectivity index (χ3n) is 4.86. The van der Waals surface area contributed by atoms with Crippen LogP contribution in [0.4, 0.5) is 0 Å². The van der Waals surface area contributed by atoms with E-state index in [-0.39, 0.29) is 11.9 Å². The molecule has 0 radical (unpaired) electrons. The summed E-state index contributed by atoms with van der Waals surface area (Å²) < 4.78 is 10.6. The first kappa shape index (κ1) is 23.2. The predicted molar refractivity (Wildman–Crippen MR) is 109 cm³/mol. The van der Waals surface area contributed by atoms with E-state index in [9.17, 15) is 9.59 Å². The van der Waals surface area contributed by atoms with Crippen LogP contribution in [-0.4, -0.2) is 25.2 Å². The Hall–Kier alpha value is -1.84. The molecule has 0 heterocycles. The van der Waals surface area contributed by atoms with Crippen molar-refractivity contribution < 1.29 is 19.1 Å². The van der Waals surface area contributed by atoms with E-state index < -0.39 is 0 Å². The molecule has 0 saturated heterocycles. The highest BCUT2D eigenvalue weighted by Gasteiger charge is 2.13. The van der Waals surface area contributed by atoms with Gasteiger partial charge < -0.3 is 9.47 Å². The van der Waals surface area contributed by atoms with Gasteiger partial charge >= 0.3 is 11.9 Å². The summed E-state index contributed by atoms with van der Waals surface area (Å²) >= 11 is 0. The van der Waals surface area contributed by atoms with Crippen LogP contribution in [0.15, 0.2) is 24.3 Å². The second-order valence-electron chi connectivity index (χ2n) is 7.28. The number of carbonyl (C=O) groups excluding carboxylic acids is 2. The molecule has 0 aliphatic heterocycles. The summed E-state index contributed by atoms with van der Waals surface area (Å²) in [6.07, 6.45) is 10.2. The fraction of sp³-hybridized carbons (Fsp3) is 0.652. The molecule has 1 aromatic rings. The summed E-state index contributed by atoms with van der Waals surface area (Å²) in [4.78, 5) is 24.3. The third-order valence-corrected chi connectivity index (χ3v) is 4.86. The van der Waals surface area contributed by atoms with Crippen LogP contribution in [0, 0.1) is 5.92 Å². The van der Waals surface area contributed by atoms with Gasteiger partial charge in [0.25, 0.3) is 0 Å². The molecule has 0 bridgehead atoms. The first-order valence-electron chi connectivity index (χ1n) is 10.5. The van der Waals surface area contributed by atoms with Gasteiger partial charge in [-0.3, -0.25) is 0 Å². The maximum absolute atomic E-state index is 12.2. The molecule has 0 fully saturated rings. The van der Waals surface area contributed by atoms with Crippen LogP contribution in [0.1, 0.15) is 99.3 Å². The van der Waals surface area contributed by atoms with Crippen molar-refractivity contribution in [2.45, 2.75) is 78.6 Å². The molecule has 0 amide bonds. The smallest absolute Gasteiger partial charge is 0.338 e. The quantitative estimate of drug-likeness (QED) is 0.287. The van der Waals surface area contributed by atoms with Gasteiger partial charge in [-0.2, -0.15) is 0 Å². The Labute approximate surface area is 164 Å². The second-order valence-corrected chi connectivity index (χ2v) is 7.28. The van der Waals surface area contributed by atoms with Gasteiger partial charge in [0.1, 0.15) is 0 Å². The van der Waals surface area contributed by atoms with Crippen molar-refractivity contribution in [1.29, 1.82) is 0 Å². The Morgan fingerprint density at radius 3 is 2.00 bits per heavy atom. The fourth-order valence-electron chi connectivity index (χ4n) is 2.72. The number of hydrogen-bond donors (Lipinski definition) is 0. The Morgan fingerprint density at radius 2 is 1.41 bits per heavy atom. The molecule has 0 N–H and O–H groups in total. The third kappa shape index (κ3) is 10.2. The van der Waals surface area contributed by atoms with Gasteiger partial charge in [-0.05, 0) is 37.0 Å². The van der Waals surface area contributed by atoms with Crippen molar-refractivity contribution in [3.63, 3.8) is 0 Å². The highest BCUT2D eigenvalue weighted by molar-refractivity contribution is 5.95. The lowest BCUT2D eigenvalue weighted by Crippen LogP contribution is -2.11. The number of hydrogen-bond acceptors (Lipinski definition) is 4. The minimum atomic E-state index is -0.389. The molecular weight excluding hydrogens is 340 g/mol. The lowest BCUT2D eigenvalue weighted by atomic mass is 10.1. The molecule has 4 heteroatoms. The average molecular weight is 377 g/mol. The van der Waals surface area contributed by atoms with Gasteiger partial charge in [-0.15, -0.1) is 0 Å². The van der Waals surface area contributed by atoms with Crippen LogP contribution in [0.5, 0.6) is 0 Å². The van der Waals surface area contributed by atoms with Gasteiger partial charge in [0.15, 0.2) is 0 Å². The first-order valence-corrected chi connectivity index (χ1v) is 10.5. The minimum Gasteiger partial charge on any atom is -0.462 e. The van der Waals surface area contributed by atoms with Gasteiger partial charge in [0, 0.05) is 0 Å². The van der Waals surface area contributed by atoms with Crippen LogP contribution in [0.2, 0.25) is 0 Å². The van der Waals surface area contributed by atoms with Crippen LogP contribution >= 0.6 is 0 Å². The molecular formula is C23H36O4. The number of ether oxygens (including phenoxy) is 2. The largest absolute Gasteiger partial charge is 0.462 e. The first-order chi connectivity index (χ1) is 13.1. The van der Waals surface area contributed by atoms with Crippen molar-refractivity contribution in [3.05, 3.63) is 35.4 Å². The number of unbranched alkanes of at least 4 members (excludes halogenated alkanes) is 6. The maximum atomic E-state index is 12.2. The van der Waals surface area contributed by atoms with Gasteiger partial charge in [-0.25, -0.2) is 9.59 Å². The van der Waals surface area contributed by atoms with Crippen molar-refractivity contribution >= 4 is 11.9 Å². The molecule has 1 aromatic carbocycles. The van der Waals surface area contributed by atoms with E-state index in [4.69, 9.17) is 9.47 Å². The van der Waals surface area contributed by atoms with Crippen molar-refractivity contribution in [2.24, 2.45) is 5.92 Å². The lowest BCUT2D eigenvalue weighted by molar-refractivity contribution is 0.0484. The molecule has 1 rings (SSSR count).